The van der Waals surface area contributed by atoms with Crippen molar-refractivity contribution in [2.45, 2.75) is 45.4 Å². The van der Waals surface area contributed by atoms with Gasteiger partial charge in [-0.25, -0.2) is 0 Å². The van der Waals surface area contributed by atoms with Crippen LogP contribution in [0.15, 0.2) is 22.0 Å². The third kappa shape index (κ3) is 6.80. The average molecular weight is 351 g/mol. The van der Waals surface area contributed by atoms with Crippen LogP contribution in [0.5, 0.6) is 0 Å². The maximum atomic E-state index is 11.7. The van der Waals surface area contributed by atoms with Crippen molar-refractivity contribution < 1.29 is 14.1 Å². The lowest BCUT2D eigenvalue weighted by atomic mass is 10.2. The summed E-state index contributed by atoms with van der Waals surface area (Å²) in [5.41, 5.74) is 0. The zero-order chi connectivity index (χ0) is 17.0. The maximum absolute atomic E-state index is 11.7. The van der Waals surface area contributed by atoms with Gasteiger partial charge in [-0.3, -0.25) is 4.79 Å². The molecule has 7 heteroatoms. The Bertz CT molecular complexity index is 584. The third-order valence-electron chi connectivity index (χ3n) is 3.43. The van der Waals surface area contributed by atoms with Gasteiger partial charge in [-0.1, -0.05) is 24.6 Å². The fraction of sp³-hybridized carbons (Fsp3) is 0.588. The third-order valence-corrected chi connectivity index (χ3v) is 4.30. The monoisotopic (exact) mass is 351 g/mol. The van der Waals surface area contributed by atoms with Gasteiger partial charge in [0.05, 0.1) is 4.88 Å². The number of hydrogen-bond donors (Lipinski definition) is 1. The summed E-state index contributed by atoms with van der Waals surface area (Å²) in [5, 5.41) is 8.84. The van der Waals surface area contributed by atoms with Crippen LogP contribution in [0.1, 0.15) is 44.9 Å². The van der Waals surface area contributed by atoms with Crippen molar-refractivity contribution in [2.24, 2.45) is 0 Å². The molecule has 0 atom stereocenters. The first kappa shape index (κ1) is 18.6. The molecule has 0 fully saturated rings. The van der Waals surface area contributed by atoms with E-state index >= 15 is 0 Å². The first-order chi connectivity index (χ1) is 11.8. The number of aromatic nitrogens is 2. The number of ether oxygens (including phenoxy) is 1. The standard InChI is InChI=1S/C17H25N3O3S/c1-2-3-11-22-12-6-10-18-15(21)8-4-9-16-19-17(20-23-16)14-7-5-13-24-14/h5,7,13H,2-4,6,8-12H2,1H3,(H,18,21). The van der Waals surface area contributed by atoms with Gasteiger partial charge in [0.2, 0.25) is 17.6 Å². The van der Waals surface area contributed by atoms with E-state index in [9.17, 15) is 4.79 Å². The molecule has 24 heavy (non-hydrogen) atoms. The second-order valence-electron chi connectivity index (χ2n) is 5.51. The molecular weight excluding hydrogens is 326 g/mol. The molecule has 0 aliphatic carbocycles. The zero-order valence-corrected chi connectivity index (χ0v) is 14.9. The Kier molecular flexibility index (Phi) is 8.48. The van der Waals surface area contributed by atoms with Crippen LogP contribution in [0.2, 0.25) is 0 Å². The molecule has 6 nitrogen and oxygen atoms in total. The van der Waals surface area contributed by atoms with Crippen LogP contribution >= 0.6 is 11.3 Å². The summed E-state index contributed by atoms with van der Waals surface area (Å²) < 4.78 is 10.7. The number of thiophene rings is 1. The SMILES string of the molecule is CCCCOCCCNC(=O)CCCc1nc(-c2cccs2)no1. The van der Waals surface area contributed by atoms with Gasteiger partial charge in [0.25, 0.3) is 0 Å². The maximum Gasteiger partial charge on any atom is 0.226 e. The highest BCUT2D eigenvalue weighted by molar-refractivity contribution is 7.13. The Hall–Kier alpha value is -1.73. The number of carbonyl (C=O) groups is 1. The first-order valence-corrected chi connectivity index (χ1v) is 9.38. The minimum atomic E-state index is 0.0570. The van der Waals surface area contributed by atoms with E-state index in [-0.39, 0.29) is 5.91 Å². The Morgan fingerprint density at radius 1 is 1.33 bits per heavy atom. The lowest BCUT2D eigenvalue weighted by molar-refractivity contribution is -0.121. The van der Waals surface area contributed by atoms with Gasteiger partial charge in [-0.15, -0.1) is 11.3 Å². The molecule has 2 rings (SSSR count). The number of nitrogens with zero attached hydrogens (tertiary/aromatic N) is 2. The molecule has 2 heterocycles. The Balaban J connectivity index is 1.53. The van der Waals surface area contributed by atoms with E-state index in [2.05, 4.69) is 22.4 Å². The normalized spacial score (nSPS) is 10.9. The van der Waals surface area contributed by atoms with Crippen LogP contribution in [0.3, 0.4) is 0 Å². The molecule has 0 radical (unpaired) electrons. The van der Waals surface area contributed by atoms with Crippen LogP contribution in [-0.2, 0) is 16.0 Å². The van der Waals surface area contributed by atoms with Crippen LogP contribution in [0.4, 0.5) is 0 Å². The second-order valence-corrected chi connectivity index (χ2v) is 6.46. The van der Waals surface area contributed by atoms with E-state index in [0.717, 1.165) is 30.7 Å². The highest BCUT2D eigenvalue weighted by atomic mass is 32.1. The minimum absolute atomic E-state index is 0.0570. The fourth-order valence-corrected chi connectivity index (χ4v) is 2.75. The van der Waals surface area contributed by atoms with Crippen LogP contribution in [0, 0.1) is 0 Å². The molecule has 0 aromatic carbocycles. The summed E-state index contributed by atoms with van der Waals surface area (Å²) in [4.78, 5) is 17.1. The van der Waals surface area contributed by atoms with Crippen molar-refractivity contribution in [1.82, 2.24) is 15.5 Å². The molecule has 2 aromatic heterocycles. The number of nitrogens with one attached hydrogen (secondary N) is 1. The van der Waals surface area contributed by atoms with E-state index in [0.29, 0.717) is 44.1 Å². The van der Waals surface area contributed by atoms with Crippen molar-refractivity contribution in [3.05, 3.63) is 23.4 Å². The Morgan fingerprint density at radius 3 is 3.00 bits per heavy atom. The van der Waals surface area contributed by atoms with E-state index < -0.39 is 0 Å². The number of amides is 1. The molecule has 0 bridgehead atoms. The molecule has 0 aliphatic rings. The summed E-state index contributed by atoms with van der Waals surface area (Å²) in [6.45, 7) is 4.31. The summed E-state index contributed by atoms with van der Waals surface area (Å²) in [5.74, 6) is 1.25. The first-order valence-electron chi connectivity index (χ1n) is 8.50. The fourth-order valence-electron chi connectivity index (χ4n) is 2.10. The zero-order valence-electron chi connectivity index (χ0n) is 14.1. The molecule has 132 valence electrons. The predicted molar refractivity (Wildman–Crippen MR) is 93.9 cm³/mol. The molecule has 0 aliphatic heterocycles. The van der Waals surface area contributed by atoms with E-state index in [1.807, 2.05) is 17.5 Å². The topological polar surface area (TPSA) is 77.2 Å². The lowest BCUT2D eigenvalue weighted by Gasteiger charge is -2.05. The largest absolute Gasteiger partial charge is 0.381 e. The number of carbonyl (C=O) groups excluding carboxylic acids is 1. The lowest BCUT2D eigenvalue weighted by Crippen LogP contribution is -2.25. The van der Waals surface area contributed by atoms with Crippen molar-refractivity contribution >= 4 is 17.2 Å². The molecular formula is C17H25N3O3S. The summed E-state index contributed by atoms with van der Waals surface area (Å²) in [6.07, 6.45) is 4.87. The van der Waals surface area contributed by atoms with Crippen molar-refractivity contribution in [2.75, 3.05) is 19.8 Å². The number of hydrogen-bond acceptors (Lipinski definition) is 6. The second kappa shape index (κ2) is 10.9. The van der Waals surface area contributed by atoms with Gasteiger partial charge >= 0.3 is 0 Å². The van der Waals surface area contributed by atoms with Crippen LogP contribution in [0.25, 0.3) is 10.7 Å². The van der Waals surface area contributed by atoms with Gasteiger partial charge < -0.3 is 14.6 Å². The van der Waals surface area contributed by atoms with Gasteiger partial charge in [0.15, 0.2) is 0 Å². The van der Waals surface area contributed by atoms with Crippen LogP contribution < -0.4 is 5.32 Å². The molecule has 0 saturated heterocycles. The number of unbranched alkanes of at least 4 members (excludes halogenated alkanes) is 1. The van der Waals surface area contributed by atoms with E-state index in [1.165, 1.54) is 0 Å². The Labute approximate surface area is 146 Å². The van der Waals surface area contributed by atoms with Crippen molar-refractivity contribution in [3.63, 3.8) is 0 Å². The van der Waals surface area contributed by atoms with Gasteiger partial charge in [0.1, 0.15) is 0 Å². The molecule has 0 unspecified atom stereocenters. The van der Waals surface area contributed by atoms with Crippen LogP contribution in [-0.4, -0.2) is 35.8 Å². The van der Waals surface area contributed by atoms with Gasteiger partial charge in [-0.2, -0.15) is 4.98 Å². The average Bonchev–Trinajstić information content (AvgIpc) is 3.25. The summed E-state index contributed by atoms with van der Waals surface area (Å²) in [7, 11) is 0. The highest BCUT2D eigenvalue weighted by Gasteiger charge is 2.10. The van der Waals surface area contributed by atoms with Crippen molar-refractivity contribution in [3.8, 4) is 10.7 Å². The molecule has 1 N–H and O–H groups in total. The summed E-state index contributed by atoms with van der Waals surface area (Å²) >= 11 is 1.58. The highest BCUT2D eigenvalue weighted by Crippen LogP contribution is 2.21. The van der Waals surface area contributed by atoms with E-state index in [1.54, 1.807) is 11.3 Å². The number of rotatable bonds is 12. The Morgan fingerprint density at radius 2 is 2.21 bits per heavy atom. The van der Waals surface area contributed by atoms with Gasteiger partial charge in [-0.05, 0) is 30.7 Å². The van der Waals surface area contributed by atoms with Gasteiger partial charge in [0, 0.05) is 32.6 Å². The molecule has 1 amide bonds. The molecule has 0 spiro atoms. The summed E-state index contributed by atoms with van der Waals surface area (Å²) in [6, 6.07) is 3.91. The predicted octanol–water partition coefficient (Wildman–Crippen LogP) is 3.44. The number of aryl methyl sites for hydroxylation is 1. The van der Waals surface area contributed by atoms with Crippen molar-refractivity contribution in [1.29, 1.82) is 0 Å². The molecule has 2 aromatic rings. The quantitative estimate of drug-likeness (QED) is 0.593. The van der Waals surface area contributed by atoms with E-state index in [4.69, 9.17) is 9.26 Å². The smallest absolute Gasteiger partial charge is 0.226 e. The minimum Gasteiger partial charge on any atom is -0.381 e. The molecule has 0 saturated carbocycles.